The van der Waals surface area contributed by atoms with Gasteiger partial charge in [-0.15, -0.1) is 0 Å². The van der Waals surface area contributed by atoms with Crippen LogP contribution >= 0.6 is 0 Å². The molecule has 1 fully saturated rings. The zero-order valence-electron chi connectivity index (χ0n) is 10.7. The molecule has 6 nitrogen and oxygen atoms in total. The summed E-state index contributed by atoms with van der Waals surface area (Å²) in [5, 5.41) is 2.62. The van der Waals surface area contributed by atoms with Crippen LogP contribution in [-0.2, 0) is 23.9 Å². The molecule has 1 N–H and O–H groups in total. The fourth-order valence-corrected chi connectivity index (χ4v) is 1.77. The first-order valence-electron chi connectivity index (χ1n) is 6.00. The van der Waals surface area contributed by atoms with Gasteiger partial charge in [-0.2, -0.15) is 0 Å². The monoisotopic (exact) mass is 257 g/mol. The van der Waals surface area contributed by atoms with Crippen LogP contribution < -0.4 is 5.32 Å². The van der Waals surface area contributed by atoms with Gasteiger partial charge in [-0.3, -0.25) is 4.79 Å². The van der Waals surface area contributed by atoms with Gasteiger partial charge in [0.1, 0.15) is 11.8 Å². The first-order chi connectivity index (χ1) is 8.54. The van der Waals surface area contributed by atoms with Gasteiger partial charge in [0, 0.05) is 13.0 Å². The summed E-state index contributed by atoms with van der Waals surface area (Å²) >= 11 is 0. The van der Waals surface area contributed by atoms with Crippen LogP contribution in [0.3, 0.4) is 0 Å². The van der Waals surface area contributed by atoms with E-state index in [9.17, 15) is 14.4 Å². The lowest BCUT2D eigenvalue weighted by Gasteiger charge is -2.17. The Balaban J connectivity index is 2.51. The van der Waals surface area contributed by atoms with Crippen molar-refractivity contribution in [2.45, 2.75) is 32.2 Å². The average molecular weight is 257 g/mol. The standard InChI is InChI=1S/C12H19NO5/c1-8(14)3-4-10(12(16)17-2)13-11(15)9-5-6-18-7-9/h9-10H,3-7H2,1-2H3,(H,13,15)/t9-,10+/m0/s1. The molecule has 1 saturated heterocycles. The molecule has 6 heteroatoms. The number of nitrogens with one attached hydrogen (secondary N) is 1. The van der Waals surface area contributed by atoms with E-state index in [1.807, 2.05) is 0 Å². The van der Waals surface area contributed by atoms with E-state index in [1.165, 1.54) is 14.0 Å². The van der Waals surface area contributed by atoms with E-state index in [0.29, 0.717) is 19.6 Å². The van der Waals surface area contributed by atoms with Gasteiger partial charge in [-0.1, -0.05) is 0 Å². The molecule has 0 aromatic carbocycles. The normalized spacial score (nSPS) is 20.2. The third-order valence-corrected chi connectivity index (χ3v) is 2.89. The number of ether oxygens (including phenoxy) is 2. The number of Topliss-reactive ketones (excluding diaryl/α,β-unsaturated/α-hetero) is 1. The second kappa shape index (κ2) is 7.10. The highest BCUT2D eigenvalue weighted by Gasteiger charge is 2.28. The van der Waals surface area contributed by atoms with E-state index >= 15 is 0 Å². The molecule has 0 radical (unpaired) electrons. The lowest BCUT2D eigenvalue weighted by atomic mass is 10.1. The molecule has 0 saturated carbocycles. The SMILES string of the molecule is COC(=O)[C@@H](CCC(C)=O)NC(=O)[C@H]1CCOC1. The number of hydrogen-bond acceptors (Lipinski definition) is 5. The van der Waals surface area contributed by atoms with Crippen LogP contribution in [0.2, 0.25) is 0 Å². The minimum absolute atomic E-state index is 0.0256. The van der Waals surface area contributed by atoms with Crippen LogP contribution in [0.25, 0.3) is 0 Å². The molecule has 1 aliphatic heterocycles. The first kappa shape index (κ1) is 14.6. The third-order valence-electron chi connectivity index (χ3n) is 2.89. The van der Waals surface area contributed by atoms with Crippen molar-refractivity contribution in [3.63, 3.8) is 0 Å². The largest absolute Gasteiger partial charge is 0.467 e. The van der Waals surface area contributed by atoms with Crippen molar-refractivity contribution < 1.29 is 23.9 Å². The second-order valence-corrected chi connectivity index (χ2v) is 4.39. The molecule has 0 unspecified atom stereocenters. The van der Waals surface area contributed by atoms with E-state index < -0.39 is 12.0 Å². The molecular formula is C12H19NO5. The lowest BCUT2D eigenvalue weighted by molar-refractivity contribution is -0.145. The Kier molecular flexibility index (Phi) is 5.77. The van der Waals surface area contributed by atoms with Gasteiger partial charge in [0.25, 0.3) is 0 Å². The topological polar surface area (TPSA) is 81.7 Å². The molecule has 18 heavy (non-hydrogen) atoms. The van der Waals surface area contributed by atoms with Gasteiger partial charge in [0.15, 0.2) is 0 Å². The summed E-state index contributed by atoms with van der Waals surface area (Å²) in [4.78, 5) is 34.2. The number of amides is 1. The molecule has 1 amide bonds. The maximum atomic E-state index is 11.8. The maximum Gasteiger partial charge on any atom is 0.328 e. The van der Waals surface area contributed by atoms with Crippen molar-refractivity contribution in [2.24, 2.45) is 5.92 Å². The Morgan fingerprint density at radius 3 is 2.67 bits per heavy atom. The molecular weight excluding hydrogens is 238 g/mol. The maximum absolute atomic E-state index is 11.8. The van der Waals surface area contributed by atoms with Gasteiger partial charge in [0.05, 0.1) is 19.6 Å². The molecule has 1 aliphatic rings. The zero-order valence-corrected chi connectivity index (χ0v) is 10.7. The van der Waals surface area contributed by atoms with Gasteiger partial charge < -0.3 is 19.6 Å². The van der Waals surface area contributed by atoms with Crippen molar-refractivity contribution >= 4 is 17.7 Å². The lowest BCUT2D eigenvalue weighted by Crippen LogP contribution is -2.44. The molecule has 0 aromatic heterocycles. The van der Waals surface area contributed by atoms with E-state index in [1.54, 1.807) is 0 Å². The Hall–Kier alpha value is -1.43. The van der Waals surface area contributed by atoms with Gasteiger partial charge in [-0.25, -0.2) is 4.79 Å². The highest BCUT2D eigenvalue weighted by molar-refractivity contribution is 5.86. The Morgan fingerprint density at radius 1 is 1.44 bits per heavy atom. The van der Waals surface area contributed by atoms with Crippen molar-refractivity contribution in [3.05, 3.63) is 0 Å². The van der Waals surface area contributed by atoms with Crippen LogP contribution in [0, 0.1) is 5.92 Å². The number of ketones is 1. The molecule has 1 rings (SSSR count). The molecule has 1 heterocycles. The average Bonchev–Trinajstić information content (AvgIpc) is 2.86. The Bertz CT molecular complexity index is 322. The number of hydrogen-bond donors (Lipinski definition) is 1. The quantitative estimate of drug-likeness (QED) is 0.680. The van der Waals surface area contributed by atoms with Gasteiger partial charge >= 0.3 is 5.97 Å². The summed E-state index contributed by atoms with van der Waals surface area (Å²) in [5.41, 5.74) is 0. The Labute approximate surface area is 106 Å². The van der Waals surface area contributed by atoms with Crippen LogP contribution in [0.1, 0.15) is 26.2 Å². The van der Waals surface area contributed by atoms with E-state index in [-0.39, 0.29) is 30.4 Å². The summed E-state index contributed by atoms with van der Waals surface area (Å²) < 4.78 is 9.73. The highest BCUT2D eigenvalue weighted by atomic mass is 16.5. The van der Waals surface area contributed by atoms with Gasteiger partial charge in [0.2, 0.25) is 5.91 Å². The smallest absolute Gasteiger partial charge is 0.328 e. The van der Waals surface area contributed by atoms with Crippen LogP contribution in [0.15, 0.2) is 0 Å². The molecule has 102 valence electrons. The highest BCUT2D eigenvalue weighted by Crippen LogP contribution is 2.13. The van der Waals surface area contributed by atoms with Crippen molar-refractivity contribution in [1.82, 2.24) is 5.32 Å². The van der Waals surface area contributed by atoms with E-state index in [4.69, 9.17) is 4.74 Å². The minimum atomic E-state index is -0.757. The van der Waals surface area contributed by atoms with Crippen molar-refractivity contribution in [1.29, 1.82) is 0 Å². The van der Waals surface area contributed by atoms with E-state index in [0.717, 1.165) is 0 Å². The Morgan fingerprint density at radius 2 is 2.17 bits per heavy atom. The molecule has 0 aliphatic carbocycles. The summed E-state index contributed by atoms with van der Waals surface area (Å²) in [6.45, 7) is 2.39. The summed E-state index contributed by atoms with van der Waals surface area (Å²) in [7, 11) is 1.26. The first-order valence-corrected chi connectivity index (χ1v) is 6.00. The minimum Gasteiger partial charge on any atom is -0.467 e. The van der Waals surface area contributed by atoms with Crippen LogP contribution in [-0.4, -0.2) is 44.0 Å². The predicted octanol–water partition coefficient (Wildman–Crippen LogP) is 0.0499. The third kappa shape index (κ3) is 4.44. The number of carbonyl (C=O) groups is 3. The fourth-order valence-electron chi connectivity index (χ4n) is 1.77. The molecule has 0 bridgehead atoms. The molecule has 0 spiro atoms. The van der Waals surface area contributed by atoms with E-state index in [2.05, 4.69) is 10.1 Å². The van der Waals surface area contributed by atoms with Crippen LogP contribution in [0.5, 0.6) is 0 Å². The number of carbonyl (C=O) groups excluding carboxylic acids is 3. The zero-order chi connectivity index (χ0) is 13.5. The summed E-state index contributed by atoms with van der Waals surface area (Å²) in [6.07, 6.45) is 1.16. The van der Waals surface area contributed by atoms with Crippen molar-refractivity contribution in [3.8, 4) is 0 Å². The number of esters is 1. The number of methoxy groups -OCH3 is 1. The van der Waals surface area contributed by atoms with Crippen molar-refractivity contribution in [2.75, 3.05) is 20.3 Å². The molecule has 2 atom stereocenters. The number of rotatable bonds is 6. The van der Waals surface area contributed by atoms with Gasteiger partial charge in [-0.05, 0) is 19.8 Å². The summed E-state index contributed by atoms with van der Waals surface area (Å²) in [6, 6.07) is -0.757. The molecule has 0 aromatic rings. The second-order valence-electron chi connectivity index (χ2n) is 4.39. The van der Waals surface area contributed by atoms with Crippen LogP contribution in [0.4, 0.5) is 0 Å². The fraction of sp³-hybridized carbons (Fsp3) is 0.750. The summed E-state index contributed by atoms with van der Waals surface area (Å²) in [5.74, 6) is -0.980. The predicted molar refractivity (Wildman–Crippen MR) is 62.8 cm³/mol.